The molecule has 0 radical (unpaired) electrons. The summed E-state index contributed by atoms with van der Waals surface area (Å²) < 4.78 is 0. The first-order valence-electron chi connectivity index (χ1n) is 4.99. The fourth-order valence-electron chi connectivity index (χ4n) is 2.21. The topological polar surface area (TPSA) is 12.9 Å². The summed E-state index contributed by atoms with van der Waals surface area (Å²) >= 11 is 1.84. The fourth-order valence-corrected chi connectivity index (χ4v) is 3.14. The maximum absolute atomic E-state index is 4.58. The van der Waals surface area contributed by atoms with Crippen LogP contribution < -0.4 is 0 Å². The van der Waals surface area contributed by atoms with Crippen molar-refractivity contribution in [3.05, 3.63) is 16.1 Å². The van der Waals surface area contributed by atoms with Crippen LogP contribution >= 0.6 is 11.3 Å². The molecule has 1 saturated carbocycles. The molecule has 1 aliphatic rings. The van der Waals surface area contributed by atoms with Crippen LogP contribution in [0.15, 0.2) is 5.38 Å². The first kappa shape index (κ1) is 9.20. The smallest absolute Gasteiger partial charge is 0.0959 e. The van der Waals surface area contributed by atoms with Gasteiger partial charge in [0.15, 0.2) is 0 Å². The van der Waals surface area contributed by atoms with Gasteiger partial charge in [0.1, 0.15) is 0 Å². The second kappa shape index (κ2) is 3.09. The zero-order valence-corrected chi connectivity index (χ0v) is 9.45. The molecule has 1 aliphatic carbocycles. The molecule has 1 aromatic rings. The van der Waals surface area contributed by atoms with Crippen molar-refractivity contribution in [2.75, 3.05) is 0 Å². The number of aromatic nitrogens is 1. The zero-order chi connectivity index (χ0) is 9.47. The van der Waals surface area contributed by atoms with Crippen molar-refractivity contribution in [1.82, 2.24) is 4.98 Å². The first-order chi connectivity index (χ1) is 6.07. The van der Waals surface area contributed by atoms with Gasteiger partial charge in [0.2, 0.25) is 0 Å². The van der Waals surface area contributed by atoms with Gasteiger partial charge in [0.25, 0.3) is 0 Å². The van der Waals surface area contributed by atoms with Gasteiger partial charge in [-0.2, -0.15) is 0 Å². The van der Waals surface area contributed by atoms with Gasteiger partial charge in [-0.15, -0.1) is 11.3 Å². The van der Waals surface area contributed by atoms with Gasteiger partial charge in [-0.1, -0.05) is 13.8 Å². The highest BCUT2D eigenvalue weighted by atomic mass is 32.1. The summed E-state index contributed by atoms with van der Waals surface area (Å²) in [6, 6.07) is 0. The number of hydrogen-bond donors (Lipinski definition) is 0. The monoisotopic (exact) mass is 195 g/mol. The predicted molar refractivity (Wildman–Crippen MR) is 57.2 cm³/mol. The van der Waals surface area contributed by atoms with Crippen LogP contribution in [-0.2, 0) is 0 Å². The van der Waals surface area contributed by atoms with Gasteiger partial charge in [0.05, 0.1) is 5.01 Å². The van der Waals surface area contributed by atoms with Crippen LogP contribution in [0.3, 0.4) is 0 Å². The van der Waals surface area contributed by atoms with Crippen molar-refractivity contribution >= 4 is 11.3 Å². The van der Waals surface area contributed by atoms with E-state index < -0.39 is 0 Å². The van der Waals surface area contributed by atoms with E-state index in [9.17, 15) is 0 Å². The molecular formula is C11H17NS. The molecule has 0 aromatic carbocycles. The summed E-state index contributed by atoms with van der Waals surface area (Å²) in [6.45, 7) is 6.82. The van der Waals surface area contributed by atoms with Crippen LogP contribution in [-0.4, -0.2) is 4.98 Å². The minimum atomic E-state index is 0.546. The van der Waals surface area contributed by atoms with Crippen LogP contribution in [0, 0.1) is 12.3 Å². The molecule has 1 nitrogen and oxygen atoms in total. The Bertz CT molecular complexity index is 301. The molecule has 0 N–H and O–H groups in total. The Morgan fingerprint density at radius 3 is 2.77 bits per heavy atom. The predicted octanol–water partition coefficient (Wildman–Crippen LogP) is 3.75. The van der Waals surface area contributed by atoms with E-state index in [0.717, 1.165) is 5.92 Å². The lowest BCUT2D eigenvalue weighted by Gasteiger charge is -2.15. The van der Waals surface area contributed by atoms with Gasteiger partial charge in [-0.3, -0.25) is 0 Å². The molecule has 0 bridgehead atoms. The van der Waals surface area contributed by atoms with E-state index in [1.165, 1.54) is 30.0 Å². The number of nitrogens with zero attached hydrogens (tertiary/aromatic N) is 1. The Labute approximate surface area is 84.2 Å². The molecule has 1 heterocycles. The van der Waals surface area contributed by atoms with E-state index in [4.69, 9.17) is 0 Å². The maximum Gasteiger partial charge on any atom is 0.0959 e. The van der Waals surface area contributed by atoms with Crippen LogP contribution in [0.25, 0.3) is 0 Å². The average Bonchev–Trinajstić information content (AvgIpc) is 2.56. The van der Waals surface area contributed by atoms with E-state index in [0.29, 0.717) is 5.41 Å². The Kier molecular flexibility index (Phi) is 2.18. The molecule has 0 spiro atoms. The fraction of sp³-hybridized carbons (Fsp3) is 0.727. The molecule has 13 heavy (non-hydrogen) atoms. The number of thiazole rings is 1. The van der Waals surface area contributed by atoms with Crippen molar-refractivity contribution in [3.8, 4) is 0 Å². The maximum atomic E-state index is 4.58. The van der Waals surface area contributed by atoms with Crippen LogP contribution in [0.1, 0.15) is 49.7 Å². The Balaban J connectivity index is 2.12. The summed E-state index contributed by atoms with van der Waals surface area (Å²) in [6.07, 6.45) is 4.01. The van der Waals surface area contributed by atoms with Gasteiger partial charge < -0.3 is 0 Å². The average molecular weight is 195 g/mol. The first-order valence-corrected chi connectivity index (χ1v) is 5.87. The summed E-state index contributed by atoms with van der Waals surface area (Å²) in [5.74, 6) is 0.744. The summed E-state index contributed by atoms with van der Waals surface area (Å²) in [5.41, 5.74) is 1.73. The van der Waals surface area contributed by atoms with E-state index >= 15 is 0 Å². The molecule has 1 aromatic heterocycles. The van der Waals surface area contributed by atoms with Crippen LogP contribution in [0.5, 0.6) is 0 Å². The summed E-state index contributed by atoms with van der Waals surface area (Å²) in [7, 11) is 0. The Morgan fingerprint density at radius 2 is 2.31 bits per heavy atom. The lowest BCUT2D eigenvalue weighted by atomic mass is 9.91. The molecule has 0 aliphatic heterocycles. The minimum Gasteiger partial charge on any atom is -0.246 e. The second-order valence-corrected chi connectivity index (χ2v) is 5.82. The molecule has 1 fully saturated rings. The summed E-state index contributed by atoms with van der Waals surface area (Å²) in [5, 5.41) is 3.53. The van der Waals surface area contributed by atoms with E-state index in [2.05, 4.69) is 31.1 Å². The molecule has 2 rings (SSSR count). The van der Waals surface area contributed by atoms with E-state index in [1.54, 1.807) is 0 Å². The van der Waals surface area contributed by atoms with Gasteiger partial charge in [0, 0.05) is 17.0 Å². The number of hydrogen-bond acceptors (Lipinski definition) is 2. The SMILES string of the molecule is Cc1csc(C2CCC(C)(C)C2)n1. The van der Waals surface area contributed by atoms with Gasteiger partial charge in [-0.05, 0) is 31.6 Å². The lowest BCUT2D eigenvalue weighted by Crippen LogP contribution is -2.04. The van der Waals surface area contributed by atoms with Crippen molar-refractivity contribution in [2.24, 2.45) is 5.41 Å². The van der Waals surface area contributed by atoms with Crippen molar-refractivity contribution < 1.29 is 0 Å². The number of rotatable bonds is 1. The third-order valence-corrected chi connectivity index (χ3v) is 4.08. The Hall–Kier alpha value is -0.370. The van der Waals surface area contributed by atoms with Crippen molar-refractivity contribution in [3.63, 3.8) is 0 Å². The quantitative estimate of drug-likeness (QED) is 0.665. The van der Waals surface area contributed by atoms with Gasteiger partial charge >= 0.3 is 0 Å². The summed E-state index contributed by atoms with van der Waals surface area (Å²) in [4.78, 5) is 4.58. The Morgan fingerprint density at radius 1 is 1.54 bits per heavy atom. The van der Waals surface area contributed by atoms with Gasteiger partial charge in [-0.25, -0.2) is 4.98 Å². The minimum absolute atomic E-state index is 0.546. The molecular weight excluding hydrogens is 178 g/mol. The van der Waals surface area contributed by atoms with Crippen molar-refractivity contribution in [2.45, 2.75) is 46.0 Å². The third kappa shape index (κ3) is 1.93. The molecule has 72 valence electrons. The molecule has 0 saturated heterocycles. The second-order valence-electron chi connectivity index (χ2n) is 4.93. The van der Waals surface area contributed by atoms with Crippen molar-refractivity contribution in [1.29, 1.82) is 0 Å². The highest BCUT2D eigenvalue weighted by Gasteiger charge is 2.32. The third-order valence-electron chi connectivity index (χ3n) is 2.95. The normalized spacial score (nSPS) is 26.5. The van der Waals surface area contributed by atoms with E-state index in [1.807, 2.05) is 11.3 Å². The van der Waals surface area contributed by atoms with Crippen LogP contribution in [0.2, 0.25) is 0 Å². The van der Waals surface area contributed by atoms with Crippen LogP contribution in [0.4, 0.5) is 0 Å². The number of aryl methyl sites for hydroxylation is 1. The zero-order valence-electron chi connectivity index (χ0n) is 8.63. The highest BCUT2D eigenvalue weighted by molar-refractivity contribution is 7.09. The molecule has 2 heteroatoms. The molecule has 1 atom stereocenters. The highest BCUT2D eigenvalue weighted by Crippen LogP contribution is 2.46. The molecule has 0 amide bonds. The lowest BCUT2D eigenvalue weighted by molar-refractivity contribution is 0.376. The standard InChI is InChI=1S/C11H17NS/c1-8-7-13-10(12-8)9-4-5-11(2,3)6-9/h7,9H,4-6H2,1-3H3. The molecule has 1 unspecified atom stereocenters. The van der Waals surface area contributed by atoms with E-state index in [-0.39, 0.29) is 0 Å². The largest absolute Gasteiger partial charge is 0.246 e.